The number of aryl methyl sites for hydroxylation is 1. The molecule has 12 nitrogen and oxygen atoms in total. The summed E-state index contributed by atoms with van der Waals surface area (Å²) in [5.74, 6) is 1.24. The number of aromatic amines is 1. The van der Waals surface area contributed by atoms with E-state index in [2.05, 4.69) is 25.0 Å². The lowest BCUT2D eigenvalue weighted by Gasteiger charge is -2.11. The monoisotopic (exact) mass is 670 g/mol. The normalized spacial score (nSPS) is 11.3. The molecule has 0 fully saturated rings. The number of amides is 1. The average molecular weight is 671 g/mol. The number of methoxy groups -OCH3 is 3. The summed E-state index contributed by atoms with van der Waals surface area (Å²) in [6.07, 6.45) is 4.31. The van der Waals surface area contributed by atoms with E-state index in [1.165, 1.54) is 50.2 Å². The maximum absolute atomic E-state index is 13.9. The zero-order valence-electron chi connectivity index (χ0n) is 26.5. The predicted octanol–water partition coefficient (Wildman–Crippen LogP) is 4.95. The van der Waals surface area contributed by atoms with Crippen LogP contribution >= 0.6 is 11.8 Å². The van der Waals surface area contributed by atoms with Crippen LogP contribution in [0.4, 0.5) is 0 Å². The molecule has 4 aromatic rings. The van der Waals surface area contributed by atoms with Crippen molar-refractivity contribution < 1.29 is 37.0 Å². The molecule has 0 aliphatic carbocycles. The summed E-state index contributed by atoms with van der Waals surface area (Å²) >= 11 is 1.40. The number of unbranched alkanes of at least 4 members (excludes halogenated alkanes) is 2. The first-order valence-corrected chi connectivity index (χ1v) is 17.1. The van der Waals surface area contributed by atoms with E-state index in [1.54, 1.807) is 25.4 Å². The van der Waals surface area contributed by atoms with Crippen molar-refractivity contribution in [3.63, 3.8) is 0 Å². The van der Waals surface area contributed by atoms with Crippen LogP contribution in [-0.4, -0.2) is 69.7 Å². The van der Waals surface area contributed by atoms with Crippen LogP contribution in [-0.2, 0) is 29.9 Å². The molecule has 0 saturated heterocycles. The third-order valence-electron chi connectivity index (χ3n) is 7.25. The van der Waals surface area contributed by atoms with Crippen molar-refractivity contribution in [2.45, 2.75) is 60.2 Å². The van der Waals surface area contributed by atoms with E-state index >= 15 is 0 Å². The number of carbonyl (C=O) groups is 2. The Labute approximate surface area is 272 Å². The zero-order valence-corrected chi connectivity index (χ0v) is 28.1. The molecular weight excluding hydrogens is 633 g/mol. The molecule has 0 aliphatic heterocycles. The van der Waals surface area contributed by atoms with Gasteiger partial charge in [-0.15, -0.1) is 0 Å². The van der Waals surface area contributed by atoms with Crippen LogP contribution in [0.15, 0.2) is 57.5 Å². The molecular formula is C32H38N4O8S2. The van der Waals surface area contributed by atoms with Gasteiger partial charge in [0.05, 0.1) is 37.4 Å². The topological polar surface area (TPSA) is 159 Å². The fourth-order valence-corrected chi connectivity index (χ4v) is 7.24. The van der Waals surface area contributed by atoms with Gasteiger partial charge in [0.15, 0.2) is 11.8 Å². The van der Waals surface area contributed by atoms with Gasteiger partial charge in [-0.3, -0.25) is 14.6 Å². The second-order valence-corrected chi connectivity index (χ2v) is 13.2. The quantitative estimate of drug-likeness (QED) is 0.0944. The van der Waals surface area contributed by atoms with E-state index in [4.69, 9.17) is 14.2 Å². The standard InChI is InChI=1S/C32H38N4O8S2/c1-20-17-34-25(21(2)30(20)43-5)19-45-32-35-24-14-15-26(41-3)31(29(24)36-32)46(39,40)23-12-10-22(11-13-23)44-18-27(37)33-16-8-6-7-9-28(38)42-4/h10-15,17H,6-9,16,18-19H2,1-5H3,(H,33,37)(H,35,36). The Kier molecular flexibility index (Phi) is 11.9. The van der Waals surface area contributed by atoms with Crippen LogP contribution in [0, 0.1) is 13.8 Å². The minimum Gasteiger partial charge on any atom is -0.496 e. The number of H-pyrrole nitrogens is 1. The van der Waals surface area contributed by atoms with Crippen LogP contribution in [0.2, 0.25) is 0 Å². The molecule has 2 aromatic heterocycles. The van der Waals surface area contributed by atoms with Crippen LogP contribution in [0.25, 0.3) is 11.0 Å². The number of benzene rings is 2. The second kappa shape index (κ2) is 15.8. The van der Waals surface area contributed by atoms with E-state index in [9.17, 15) is 18.0 Å². The van der Waals surface area contributed by atoms with Gasteiger partial charge in [0.1, 0.15) is 27.7 Å². The van der Waals surface area contributed by atoms with Crippen LogP contribution < -0.4 is 19.5 Å². The second-order valence-electron chi connectivity index (χ2n) is 10.4. The summed E-state index contributed by atoms with van der Waals surface area (Å²) in [6.45, 7) is 4.12. The third-order valence-corrected chi connectivity index (χ3v) is 9.96. The molecule has 0 unspecified atom stereocenters. The Bertz CT molecular complexity index is 1790. The minimum atomic E-state index is -4.07. The molecule has 0 radical (unpaired) electrons. The van der Waals surface area contributed by atoms with Gasteiger partial charge < -0.3 is 29.2 Å². The molecule has 0 aliphatic rings. The first-order valence-electron chi connectivity index (χ1n) is 14.6. The number of aromatic nitrogens is 3. The molecule has 1 amide bonds. The van der Waals surface area contributed by atoms with Crippen molar-refractivity contribution in [1.82, 2.24) is 20.3 Å². The first-order chi connectivity index (χ1) is 22.1. The number of hydrogen-bond acceptors (Lipinski definition) is 11. The summed E-state index contributed by atoms with van der Waals surface area (Å²) < 4.78 is 48.9. The molecule has 2 N–H and O–H groups in total. The Morgan fingerprint density at radius 2 is 1.74 bits per heavy atom. The Hall–Kier alpha value is -4.30. The Morgan fingerprint density at radius 3 is 2.43 bits per heavy atom. The fraction of sp³-hybridized carbons (Fsp3) is 0.375. The van der Waals surface area contributed by atoms with Gasteiger partial charge in [-0.05, 0) is 63.1 Å². The number of nitrogens with one attached hydrogen (secondary N) is 2. The summed E-state index contributed by atoms with van der Waals surface area (Å²) in [4.78, 5) is 35.6. The van der Waals surface area contributed by atoms with Gasteiger partial charge in [0, 0.05) is 36.0 Å². The van der Waals surface area contributed by atoms with E-state index in [0.717, 1.165) is 35.4 Å². The summed E-state index contributed by atoms with van der Waals surface area (Å²) in [6, 6.07) is 9.15. The number of hydrogen-bond donors (Lipinski definition) is 2. The van der Waals surface area contributed by atoms with Gasteiger partial charge in [-0.2, -0.15) is 0 Å². The molecule has 0 atom stereocenters. The Morgan fingerprint density at radius 1 is 0.978 bits per heavy atom. The summed E-state index contributed by atoms with van der Waals surface area (Å²) in [5, 5.41) is 3.29. The fourth-order valence-electron chi connectivity index (χ4n) is 4.79. The smallest absolute Gasteiger partial charge is 0.305 e. The number of thioether (sulfide) groups is 1. The number of carbonyl (C=O) groups excluding carboxylic acids is 2. The van der Waals surface area contributed by atoms with E-state index in [1.807, 2.05) is 13.8 Å². The van der Waals surface area contributed by atoms with Gasteiger partial charge in [-0.25, -0.2) is 13.4 Å². The highest BCUT2D eigenvalue weighted by atomic mass is 32.2. The maximum atomic E-state index is 13.9. The molecule has 4 rings (SSSR count). The number of sulfone groups is 1. The highest BCUT2D eigenvalue weighted by molar-refractivity contribution is 7.98. The maximum Gasteiger partial charge on any atom is 0.305 e. The first kappa shape index (κ1) is 34.6. The van der Waals surface area contributed by atoms with Crippen molar-refractivity contribution in [3.05, 3.63) is 59.4 Å². The molecule has 14 heteroatoms. The summed E-state index contributed by atoms with van der Waals surface area (Å²) in [5.41, 5.74) is 3.53. The molecule has 46 heavy (non-hydrogen) atoms. The largest absolute Gasteiger partial charge is 0.496 e. The lowest BCUT2D eigenvalue weighted by Crippen LogP contribution is -2.29. The molecule has 0 bridgehead atoms. The molecule has 0 spiro atoms. The van der Waals surface area contributed by atoms with E-state index in [-0.39, 0.29) is 39.5 Å². The van der Waals surface area contributed by atoms with Crippen molar-refractivity contribution in [2.75, 3.05) is 34.5 Å². The lowest BCUT2D eigenvalue weighted by atomic mass is 10.1. The number of esters is 1. The lowest BCUT2D eigenvalue weighted by molar-refractivity contribution is -0.140. The van der Waals surface area contributed by atoms with E-state index < -0.39 is 9.84 Å². The van der Waals surface area contributed by atoms with Crippen molar-refractivity contribution in [3.8, 4) is 17.2 Å². The third kappa shape index (κ3) is 8.29. The highest BCUT2D eigenvalue weighted by Gasteiger charge is 2.27. The SMILES string of the molecule is COC(=O)CCCCCNC(=O)COc1ccc(S(=O)(=O)c2c(OC)ccc3[nH]c(SCc4ncc(C)c(OC)c4C)nc23)cc1. The number of nitrogens with zero attached hydrogens (tertiary/aromatic N) is 2. The number of imidazole rings is 1. The molecule has 2 aromatic carbocycles. The van der Waals surface area contributed by atoms with Gasteiger partial charge in [0.2, 0.25) is 9.84 Å². The van der Waals surface area contributed by atoms with Gasteiger partial charge in [0.25, 0.3) is 5.91 Å². The van der Waals surface area contributed by atoms with E-state index in [0.29, 0.717) is 41.6 Å². The molecule has 0 saturated carbocycles. The highest BCUT2D eigenvalue weighted by Crippen LogP contribution is 2.37. The van der Waals surface area contributed by atoms with Crippen LogP contribution in [0.3, 0.4) is 0 Å². The van der Waals surface area contributed by atoms with Crippen molar-refractivity contribution in [2.24, 2.45) is 0 Å². The molecule has 246 valence electrons. The zero-order chi connectivity index (χ0) is 33.3. The Balaban J connectivity index is 1.42. The van der Waals surface area contributed by atoms with Gasteiger partial charge in [-0.1, -0.05) is 18.2 Å². The van der Waals surface area contributed by atoms with Gasteiger partial charge >= 0.3 is 5.97 Å². The number of pyridine rings is 1. The minimum absolute atomic E-state index is 0.0193. The predicted molar refractivity (Wildman–Crippen MR) is 173 cm³/mol. The summed E-state index contributed by atoms with van der Waals surface area (Å²) in [7, 11) is 0.325. The average Bonchev–Trinajstić information content (AvgIpc) is 3.47. The van der Waals surface area contributed by atoms with Crippen LogP contribution in [0.1, 0.15) is 42.5 Å². The van der Waals surface area contributed by atoms with Crippen LogP contribution in [0.5, 0.6) is 17.2 Å². The number of rotatable bonds is 16. The van der Waals surface area contributed by atoms with Crippen molar-refractivity contribution in [1.29, 1.82) is 0 Å². The van der Waals surface area contributed by atoms with Crippen molar-refractivity contribution >= 4 is 44.5 Å². The molecule has 2 heterocycles. The number of fused-ring (bicyclic) bond motifs is 1. The number of ether oxygens (including phenoxy) is 4.